The minimum Gasteiger partial charge on any atom is -0.396 e. The van der Waals surface area contributed by atoms with Crippen molar-refractivity contribution in [3.63, 3.8) is 0 Å². The Labute approximate surface area is 170 Å². The lowest BCUT2D eigenvalue weighted by molar-refractivity contribution is -0.131. The Bertz CT molecular complexity index is 892. The molecule has 0 bridgehead atoms. The first-order valence-corrected chi connectivity index (χ1v) is 10.4. The Kier molecular flexibility index (Phi) is 5.32. The molecule has 1 heterocycles. The van der Waals surface area contributed by atoms with Gasteiger partial charge >= 0.3 is 0 Å². The fraction of sp³-hybridized carbons (Fsp3) is 0.478. The summed E-state index contributed by atoms with van der Waals surface area (Å²) in [6.45, 7) is 1.83. The summed E-state index contributed by atoms with van der Waals surface area (Å²) in [6.07, 6.45) is 7.49. The Morgan fingerprint density at radius 3 is 2.62 bits per heavy atom. The van der Waals surface area contributed by atoms with Gasteiger partial charge in [-0.15, -0.1) is 0 Å². The predicted octanol–water partition coefficient (Wildman–Crippen LogP) is 2.06. The predicted molar refractivity (Wildman–Crippen MR) is 110 cm³/mol. The fourth-order valence-corrected chi connectivity index (χ4v) is 4.62. The summed E-state index contributed by atoms with van der Waals surface area (Å²) in [5, 5.41) is 25.0. The zero-order chi connectivity index (χ0) is 20.6. The first kappa shape index (κ1) is 19.9. The molecule has 1 saturated heterocycles. The van der Waals surface area contributed by atoms with Gasteiger partial charge in [-0.2, -0.15) is 0 Å². The monoisotopic (exact) mass is 396 g/mol. The van der Waals surface area contributed by atoms with Gasteiger partial charge < -0.3 is 20.8 Å². The van der Waals surface area contributed by atoms with Gasteiger partial charge in [0.05, 0.1) is 5.41 Å². The lowest BCUT2D eigenvalue weighted by Crippen LogP contribution is -2.37. The van der Waals surface area contributed by atoms with E-state index in [0.717, 1.165) is 35.2 Å². The second kappa shape index (κ2) is 7.76. The van der Waals surface area contributed by atoms with Crippen LogP contribution in [0.4, 0.5) is 0 Å². The number of aryl methyl sites for hydroxylation is 1. The third kappa shape index (κ3) is 3.63. The van der Waals surface area contributed by atoms with Crippen LogP contribution in [-0.2, 0) is 4.79 Å². The molecule has 0 radical (unpaired) electrons. The van der Waals surface area contributed by atoms with Gasteiger partial charge in [-0.25, -0.2) is 0 Å². The molecular weight excluding hydrogens is 368 g/mol. The third-order valence-corrected chi connectivity index (χ3v) is 6.48. The molecule has 6 nitrogen and oxygen atoms in total. The van der Waals surface area contributed by atoms with E-state index in [2.05, 4.69) is 16.7 Å². The number of allylic oxidation sites excluding steroid dienone is 4. The summed E-state index contributed by atoms with van der Waals surface area (Å²) < 4.78 is 0. The van der Waals surface area contributed by atoms with Crippen LogP contribution in [-0.4, -0.2) is 41.3 Å². The van der Waals surface area contributed by atoms with E-state index in [4.69, 9.17) is 0 Å². The maximum atomic E-state index is 12.8. The summed E-state index contributed by atoms with van der Waals surface area (Å²) in [7, 11) is 0. The Morgan fingerprint density at radius 1 is 1.24 bits per heavy atom. The SMILES string of the molecule is Cc1ccc(C(=O)NC2CC2)cc1C1=CCC2C(=C1)NC(=O)C2(CCO)CCO. The minimum absolute atomic E-state index is 0.0465. The first-order chi connectivity index (χ1) is 14.0. The van der Waals surface area contributed by atoms with Crippen molar-refractivity contribution < 1.29 is 19.8 Å². The molecule has 4 rings (SSSR count). The lowest BCUT2D eigenvalue weighted by Gasteiger charge is -2.32. The number of rotatable bonds is 7. The molecule has 0 spiro atoms. The van der Waals surface area contributed by atoms with Gasteiger partial charge in [0.25, 0.3) is 5.91 Å². The lowest BCUT2D eigenvalue weighted by atomic mass is 9.68. The molecule has 2 fully saturated rings. The molecule has 4 N–H and O–H groups in total. The van der Waals surface area contributed by atoms with Crippen molar-refractivity contribution in [2.75, 3.05) is 13.2 Å². The van der Waals surface area contributed by atoms with Crippen LogP contribution in [0.5, 0.6) is 0 Å². The quantitative estimate of drug-likeness (QED) is 0.567. The molecule has 1 saturated carbocycles. The van der Waals surface area contributed by atoms with Crippen molar-refractivity contribution in [3.8, 4) is 0 Å². The molecule has 3 aliphatic rings. The number of hydrogen-bond donors (Lipinski definition) is 4. The van der Waals surface area contributed by atoms with Crippen LogP contribution in [0.1, 0.15) is 53.6 Å². The number of aliphatic hydroxyl groups is 2. The van der Waals surface area contributed by atoms with E-state index < -0.39 is 5.41 Å². The van der Waals surface area contributed by atoms with E-state index in [1.54, 1.807) is 0 Å². The number of nitrogens with one attached hydrogen (secondary N) is 2. The first-order valence-electron chi connectivity index (χ1n) is 10.4. The zero-order valence-corrected chi connectivity index (χ0v) is 16.7. The van der Waals surface area contributed by atoms with Crippen LogP contribution in [0, 0.1) is 18.3 Å². The van der Waals surface area contributed by atoms with Crippen LogP contribution in [0.15, 0.2) is 36.0 Å². The Balaban J connectivity index is 1.62. The van der Waals surface area contributed by atoms with Crippen LogP contribution in [0.2, 0.25) is 0 Å². The highest BCUT2D eigenvalue weighted by molar-refractivity contribution is 5.96. The third-order valence-electron chi connectivity index (χ3n) is 6.48. The van der Waals surface area contributed by atoms with Gasteiger partial charge in [0, 0.05) is 36.4 Å². The summed E-state index contributed by atoms with van der Waals surface area (Å²) in [4.78, 5) is 25.2. The smallest absolute Gasteiger partial charge is 0.251 e. The molecule has 154 valence electrons. The van der Waals surface area contributed by atoms with Crippen molar-refractivity contribution in [2.45, 2.75) is 45.1 Å². The van der Waals surface area contributed by atoms with Gasteiger partial charge in [0.2, 0.25) is 5.91 Å². The largest absolute Gasteiger partial charge is 0.396 e. The van der Waals surface area contributed by atoms with E-state index in [9.17, 15) is 19.8 Å². The number of aliphatic hydroxyl groups excluding tert-OH is 2. The summed E-state index contributed by atoms with van der Waals surface area (Å²) in [5.41, 5.74) is 3.74. The highest BCUT2D eigenvalue weighted by Gasteiger charge is 2.52. The maximum Gasteiger partial charge on any atom is 0.251 e. The average Bonchev–Trinajstić information content (AvgIpc) is 3.47. The van der Waals surface area contributed by atoms with Gasteiger partial charge in [0.1, 0.15) is 0 Å². The molecule has 1 aliphatic heterocycles. The topological polar surface area (TPSA) is 98.7 Å². The van der Waals surface area contributed by atoms with E-state index in [-0.39, 0.29) is 30.9 Å². The van der Waals surface area contributed by atoms with Gasteiger partial charge in [-0.05, 0) is 73.9 Å². The van der Waals surface area contributed by atoms with Crippen LogP contribution >= 0.6 is 0 Å². The molecule has 1 aromatic carbocycles. The number of benzene rings is 1. The number of hydrogen-bond acceptors (Lipinski definition) is 4. The molecule has 1 aromatic rings. The second-order valence-corrected chi connectivity index (χ2v) is 8.38. The van der Waals surface area contributed by atoms with Crippen LogP contribution in [0.3, 0.4) is 0 Å². The zero-order valence-electron chi connectivity index (χ0n) is 16.7. The van der Waals surface area contributed by atoms with Gasteiger partial charge in [-0.3, -0.25) is 9.59 Å². The van der Waals surface area contributed by atoms with Crippen LogP contribution in [0.25, 0.3) is 5.57 Å². The highest BCUT2D eigenvalue weighted by Crippen LogP contribution is 2.49. The fourth-order valence-electron chi connectivity index (χ4n) is 4.62. The maximum absolute atomic E-state index is 12.8. The molecule has 1 unspecified atom stereocenters. The highest BCUT2D eigenvalue weighted by atomic mass is 16.3. The standard InChI is InChI=1S/C23H28N2O4/c1-14-2-3-16(21(28)24-17-5-6-17)12-18(14)15-4-7-19-20(13-15)25-22(29)23(19,8-10-26)9-11-27/h2-4,12-13,17,19,26-27H,5-11H2,1H3,(H,24,28)(H,25,29). The molecule has 2 aliphatic carbocycles. The van der Waals surface area contributed by atoms with E-state index in [0.29, 0.717) is 30.9 Å². The van der Waals surface area contributed by atoms with E-state index in [1.165, 1.54) is 0 Å². The van der Waals surface area contributed by atoms with Crippen LogP contribution < -0.4 is 10.6 Å². The Morgan fingerprint density at radius 2 is 1.97 bits per heavy atom. The second-order valence-electron chi connectivity index (χ2n) is 8.38. The molecule has 6 heteroatoms. The van der Waals surface area contributed by atoms with Gasteiger partial charge in [-0.1, -0.05) is 12.1 Å². The number of carbonyl (C=O) groups excluding carboxylic acids is 2. The van der Waals surface area contributed by atoms with Crippen molar-refractivity contribution in [2.24, 2.45) is 11.3 Å². The minimum atomic E-state index is -0.765. The van der Waals surface area contributed by atoms with Crippen molar-refractivity contribution in [3.05, 3.63) is 52.7 Å². The molecular formula is C23H28N2O4. The number of fused-ring (bicyclic) bond motifs is 1. The normalized spacial score (nSPS) is 22.4. The number of carbonyl (C=O) groups is 2. The molecule has 1 atom stereocenters. The van der Waals surface area contributed by atoms with Crippen molar-refractivity contribution >= 4 is 17.4 Å². The van der Waals surface area contributed by atoms with Crippen molar-refractivity contribution in [1.82, 2.24) is 10.6 Å². The number of amides is 2. The molecule has 2 amide bonds. The molecule has 29 heavy (non-hydrogen) atoms. The summed E-state index contributed by atoms with van der Waals surface area (Å²) in [5.74, 6) is -0.241. The van der Waals surface area contributed by atoms with Crippen molar-refractivity contribution in [1.29, 1.82) is 0 Å². The average molecular weight is 396 g/mol. The Hall–Kier alpha value is -2.44. The molecule has 0 aromatic heterocycles. The van der Waals surface area contributed by atoms with E-state index >= 15 is 0 Å². The van der Waals surface area contributed by atoms with Gasteiger partial charge in [0.15, 0.2) is 0 Å². The summed E-state index contributed by atoms with van der Waals surface area (Å²) in [6, 6.07) is 6.03. The summed E-state index contributed by atoms with van der Waals surface area (Å²) >= 11 is 0. The van der Waals surface area contributed by atoms with E-state index in [1.807, 2.05) is 31.2 Å².